The number of nitrogens with one attached hydrogen (secondary N) is 1. The molecule has 2 aromatic carbocycles. The molecule has 3 aromatic rings. The van der Waals surface area contributed by atoms with Crippen LogP contribution in [0.3, 0.4) is 0 Å². The predicted octanol–water partition coefficient (Wildman–Crippen LogP) is 4.69. The van der Waals surface area contributed by atoms with E-state index in [1.54, 1.807) is 17.0 Å². The highest BCUT2D eigenvalue weighted by molar-refractivity contribution is 5.89. The second-order valence-electron chi connectivity index (χ2n) is 6.50. The number of carbonyl (C=O) groups excluding carboxylic acids is 1. The molecule has 2 heterocycles. The predicted molar refractivity (Wildman–Crippen MR) is 101 cm³/mol. The molecule has 0 spiro atoms. The summed E-state index contributed by atoms with van der Waals surface area (Å²) in [4.78, 5) is 14.5. The van der Waals surface area contributed by atoms with Crippen molar-refractivity contribution in [2.24, 2.45) is 0 Å². The van der Waals surface area contributed by atoms with E-state index in [9.17, 15) is 9.18 Å². The van der Waals surface area contributed by atoms with Gasteiger partial charge in [0.15, 0.2) is 11.5 Å². The first-order valence-corrected chi connectivity index (χ1v) is 8.82. The molecular weight excluding hydrogens is 363 g/mol. The van der Waals surface area contributed by atoms with Crippen molar-refractivity contribution >= 4 is 11.7 Å². The third kappa shape index (κ3) is 4.09. The molecule has 0 fully saturated rings. The summed E-state index contributed by atoms with van der Waals surface area (Å²) in [6.07, 6.45) is 0. The number of anilines is 1. The van der Waals surface area contributed by atoms with E-state index in [0.717, 1.165) is 11.3 Å². The van der Waals surface area contributed by atoms with Crippen LogP contribution in [0.2, 0.25) is 0 Å². The minimum Gasteiger partial charge on any atom is -0.464 e. The van der Waals surface area contributed by atoms with Gasteiger partial charge in [-0.25, -0.2) is 9.18 Å². The van der Waals surface area contributed by atoms with Crippen molar-refractivity contribution in [1.29, 1.82) is 0 Å². The molecule has 1 N–H and O–H groups in total. The van der Waals surface area contributed by atoms with E-state index in [0.29, 0.717) is 29.5 Å². The molecule has 0 bridgehead atoms. The van der Waals surface area contributed by atoms with Gasteiger partial charge in [0.1, 0.15) is 17.3 Å². The lowest BCUT2D eigenvalue weighted by molar-refractivity contribution is 0.174. The molecule has 6 nitrogen and oxygen atoms in total. The van der Waals surface area contributed by atoms with Crippen molar-refractivity contribution in [3.05, 3.63) is 77.5 Å². The summed E-state index contributed by atoms with van der Waals surface area (Å²) in [5, 5.41) is 2.73. The average molecular weight is 382 g/mol. The van der Waals surface area contributed by atoms with E-state index in [-0.39, 0.29) is 19.4 Å². The number of furan rings is 1. The summed E-state index contributed by atoms with van der Waals surface area (Å²) in [6.45, 7) is 2.62. The van der Waals surface area contributed by atoms with Crippen LogP contribution in [0.1, 0.15) is 17.1 Å². The van der Waals surface area contributed by atoms with Crippen LogP contribution >= 0.6 is 0 Å². The van der Waals surface area contributed by atoms with Crippen LogP contribution < -0.4 is 14.8 Å². The Bertz CT molecular complexity index is 1000. The Morgan fingerprint density at radius 2 is 1.93 bits per heavy atom. The molecule has 0 saturated carbocycles. The van der Waals surface area contributed by atoms with Crippen molar-refractivity contribution in [3.63, 3.8) is 0 Å². The highest BCUT2D eigenvalue weighted by Gasteiger charge is 2.19. The zero-order valence-electron chi connectivity index (χ0n) is 15.3. The summed E-state index contributed by atoms with van der Waals surface area (Å²) in [5.74, 6) is 2.34. The first kappa shape index (κ1) is 17.9. The van der Waals surface area contributed by atoms with Gasteiger partial charge in [-0.15, -0.1) is 0 Å². The summed E-state index contributed by atoms with van der Waals surface area (Å²) in [7, 11) is 0. The monoisotopic (exact) mass is 382 g/mol. The maximum atomic E-state index is 13.4. The smallest absolute Gasteiger partial charge is 0.322 e. The number of urea groups is 1. The number of rotatable bonds is 5. The number of amides is 2. The minimum atomic E-state index is -0.415. The van der Waals surface area contributed by atoms with E-state index in [1.807, 2.05) is 37.3 Å². The van der Waals surface area contributed by atoms with E-state index in [1.165, 1.54) is 12.1 Å². The Balaban J connectivity index is 1.55. The van der Waals surface area contributed by atoms with Crippen molar-refractivity contribution in [2.75, 3.05) is 12.1 Å². The van der Waals surface area contributed by atoms with Gasteiger partial charge in [0, 0.05) is 12.2 Å². The molecule has 0 aliphatic carbocycles. The molecule has 0 unspecified atom stereocenters. The Labute approximate surface area is 161 Å². The number of ether oxygens (including phenoxy) is 2. The lowest BCUT2D eigenvalue weighted by atomic mass is 10.2. The van der Waals surface area contributed by atoms with Gasteiger partial charge in [-0.1, -0.05) is 12.1 Å². The van der Waals surface area contributed by atoms with E-state index in [4.69, 9.17) is 13.9 Å². The molecule has 0 radical (unpaired) electrons. The molecule has 2 amide bonds. The van der Waals surface area contributed by atoms with Gasteiger partial charge in [0.05, 0.1) is 6.54 Å². The summed E-state index contributed by atoms with van der Waals surface area (Å²) in [5.41, 5.74) is 1.26. The quantitative estimate of drug-likeness (QED) is 0.695. The zero-order chi connectivity index (χ0) is 19.5. The number of fused-ring (bicyclic) bond motifs is 1. The Kier molecular flexibility index (Phi) is 4.89. The highest BCUT2D eigenvalue weighted by Crippen LogP contribution is 2.33. The van der Waals surface area contributed by atoms with Crippen molar-refractivity contribution in [2.45, 2.75) is 20.0 Å². The molecule has 1 aliphatic rings. The normalized spacial score (nSPS) is 12.1. The fraction of sp³-hybridized carbons (Fsp3) is 0.190. The maximum absolute atomic E-state index is 13.4. The topological polar surface area (TPSA) is 63.9 Å². The van der Waals surface area contributed by atoms with Crippen LogP contribution in [0.15, 0.2) is 59.0 Å². The van der Waals surface area contributed by atoms with Crippen molar-refractivity contribution in [1.82, 2.24) is 4.90 Å². The van der Waals surface area contributed by atoms with Crippen LogP contribution in [0.4, 0.5) is 14.9 Å². The van der Waals surface area contributed by atoms with Crippen LogP contribution in [0.5, 0.6) is 11.5 Å². The first-order chi connectivity index (χ1) is 13.6. The number of hydrogen-bond donors (Lipinski definition) is 1. The van der Waals surface area contributed by atoms with Crippen LogP contribution in [-0.4, -0.2) is 17.7 Å². The van der Waals surface area contributed by atoms with Gasteiger partial charge in [-0.05, 0) is 55.0 Å². The van der Waals surface area contributed by atoms with E-state index >= 15 is 0 Å². The average Bonchev–Trinajstić information content (AvgIpc) is 3.29. The lowest BCUT2D eigenvalue weighted by Gasteiger charge is -2.22. The van der Waals surface area contributed by atoms with Crippen LogP contribution in [-0.2, 0) is 13.1 Å². The van der Waals surface area contributed by atoms with Crippen molar-refractivity contribution < 1.29 is 23.1 Å². The van der Waals surface area contributed by atoms with Gasteiger partial charge < -0.3 is 24.1 Å². The SMILES string of the molecule is Cc1ccc(CN(Cc2ccc3c(c2)OCO3)C(=O)Nc2cccc(F)c2)o1. The maximum Gasteiger partial charge on any atom is 0.322 e. The van der Waals surface area contributed by atoms with Gasteiger partial charge in [0.2, 0.25) is 6.79 Å². The zero-order valence-corrected chi connectivity index (χ0v) is 15.3. The van der Waals surface area contributed by atoms with Gasteiger partial charge >= 0.3 is 6.03 Å². The van der Waals surface area contributed by atoms with Crippen LogP contribution in [0, 0.1) is 12.7 Å². The van der Waals surface area contributed by atoms with Gasteiger partial charge in [-0.2, -0.15) is 0 Å². The number of nitrogens with zero attached hydrogens (tertiary/aromatic N) is 1. The largest absolute Gasteiger partial charge is 0.464 e. The molecule has 0 atom stereocenters. The number of benzene rings is 2. The fourth-order valence-corrected chi connectivity index (χ4v) is 2.99. The fourth-order valence-electron chi connectivity index (χ4n) is 2.99. The first-order valence-electron chi connectivity index (χ1n) is 8.82. The van der Waals surface area contributed by atoms with Crippen molar-refractivity contribution in [3.8, 4) is 11.5 Å². The Morgan fingerprint density at radius 3 is 2.71 bits per heavy atom. The summed E-state index contributed by atoms with van der Waals surface area (Å²) in [6, 6.07) is 14.6. The van der Waals surface area contributed by atoms with Gasteiger partial charge in [0.25, 0.3) is 0 Å². The number of hydrogen-bond acceptors (Lipinski definition) is 4. The minimum absolute atomic E-state index is 0.189. The Hall–Kier alpha value is -3.48. The number of halogens is 1. The molecule has 144 valence electrons. The molecule has 1 aliphatic heterocycles. The second-order valence-corrected chi connectivity index (χ2v) is 6.50. The Morgan fingerprint density at radius 1 is 1.07 bits per heavy atom. The third-order valence-electron chi connectivity index (χ3n) is 4.32. The van der Waals surface area contributed by atoms with Crippen LogP contribution in [0.25, 0.3) is 0 Å². The summed E-state index contributed by atoms with van der Waals surface area (Å²) >= 11 is 0. The lowest BCUT2D eigenvalue weighted by Crippen LogP contribution is -2.34. The molecule has 4 rings (SSSR count). The molecule has 0 saturated heterocycles. The molecule has 7 heteroatoms. The number of aryl methyl sites for hydroxylation is 1. The number of carbonyl (C=O) groups is 1. The third-order valence-corrected chi connectivity index (χ3v) is 4.32. The van der Waals surface area contributed by atoms with E-state index in [2.05, 4.69) is 5.32 Å². The molecule has 1 aromatic heterocycles. The van der Waals surface area contributed by atoms with Gasteiger partial charge in [-0.3, -0.25) is 0 Å². The highest BCUT2D eigenvalue weighted by atomic mass is 19.1. The standard InChI is InChI=1S/C21H19FN2O4/c1-14-5-7-18(28-14)12-24(21(25)23-17-4-2-3-16(22)10-17)11-15-6-8-19-20(9-15)27-13-26-19/h2-10H,11-13H2,1H3,(H,23,25). The molecule has 28 heavy (non-hydrogen) atoms. The molecular formula is C21H19FN2O4. The second kappa shape index (κ2) is 7.64. The van der Waals surface area contributed by atoms with E-state index < -0.39 is 5.82 Å². The summed E-state index contributed by atoms with van der Waals surface area (Å²) < 4.78 is 29.8.